The van der Waals surface area contributed by atoms with Crippen LogP contribution in [0.5, 0.6) is 0 Å². The molecule has 0 spiro atoms. The molecule has 0 aliphatic heterocycles. The molecule has 52 valence electrons. The molecule has 0 aromatic rings. The molecule has 0 saturated heterocycles. The van der Waals surface area contributed by atoms with Gasteiger partial charge in [0.15, 0.2) is 0 Å². The van der Waals surface area contributed by atoms with Gasteiger partial charge in [0.05, 0.1) is 0 Å². The maximum Gasteiger partial charge on any atom is 0.451 e. The highest BCUT2D eigenvalue weighted by Crippen LogP contribution is 1.73. The predicted molar refractivity (Wildman–Crippen MR) is 22.8 cm³/mol. The third kappa shape index (κ3) is 3.12. The van der Waals surface area contributed by atoms with Crippen LogP contribution in [0, 0.1) is 0 Å². The van der Waals surface area contributed by atoms with Crippen LogP contribution in [-0.2, 0) is 0 Å². The summed E-state index contributed by atoms with van der Waals surface area (Å²) in [6.07, 6.45) is -3.45. The highest BCUT2D eigenvalue weighted by atomic mass is 16.6. The van der Waals surface area contributed by atoms with Crippen LogP contribution in [0.1, 0.15) is 0 Å². The van der Waals surface area contributed by atoms with Crippen LogP contribution in [0.15, 0.2) is 0 Å². The van der Waals surface area contributed by atoms with Crippen molar-refractivity contribution >= 4 is 12.2 Å². The molecular weight excluding hydrogens is 132 g/mol. The molecule has 0 aliphatic rings. The normalized spacial score (nSPS) is 8.11. The van der Waals surface area contributed by atoms with Gasteiger partial charge in [-0.3, -0.25) is 5.21 Å². The molecule has 0 fully saturated rings. The molecule has 0 atom stereocenters. The Hall–Kier alpha value is -1.50. The lowest BCUT2D eigenvalue weighted by Crippen LogP contribution is -2.42. The number of rotatable bonds is 0. The van der Waals surface area contributed by atoms with E-state index in [-0.39, 0.29) is 0 Å². The van der Waals surface area contributed by atoms with Crippen molar-refractivity contribution in [3.63, 3.8) is 0 Å². The zero-order valence-electron chi connectivity index (χ0n) is 4.11. The number of hydrogen-bond acceptors (Lipinski definition) is 3. The Balaban J connectivity index is 3.63. The largest absolute Gasteiger partial charge is 0.464 e. The van der Waals surface area contributed by atoms with Gasteiger partial charge in [0.1, 0.15) is 0 Å². The number of carbonyl (C=O) groups is 2. The molecule has 0 rings (SSSR count). The maximum atomic E-state index is 9.58. The van der Waals surface area contributed by atoms with Gasteiger partial charge in [0.2, 0.25) is 0 Å². The van der Waals surface area contributed by atoms with E-state index in [0.717, 1.165) is 5.43 Å². The number of amides is 2. The summed E-state index contributed by atoms with van der Waals surface area (Å²) < 4.78 is 0. The van der Waals surface area contributed by atoms with Crippen LogP contribution in [0.3, 0.4) is 0 Å². The monoisotopic (exact) mass is 136 g/mol. The first kappa shape index (κ1) is 7.50. The van der Waals surface area contributed by atoms with Crippen LogP contribution < -0.4 is 5.43 Å². The van der Waals surface area contributed by atoms with Crippen molar-refractivity contribution in [2.45, 2.75) is 0 Å². The Labute approximate surface area is 49.0 Å². The van der Waals surface area contributed by atoms with E-state index < -0.39 is 17.4 Å². The van der Waals surface area contributed by atoms with Gasteiger partial charge in [-0.15, -0.1) is 0 Å². The van der Waals surface area contributed by atoms with Crippen molar-refractivity contribution in [1.82, 2.24) is 10.6 Å². The first-order chi connectivity index (χ1) is 4.04. The fourth-order valence-corrected chi connectivity index (χ4v) is 0.138. The molecule has 0 unspecified atom stereocenters. The van der Waals surface area contributed by atoms with Crippen molar-refractivity contribution < 1.29 is 25.0 Å². The number of hydrazine groups is 1. The molecule has 0 aliphatic carbocycles. The van der Waals surface area contributed by atoms with Crippen molar-refractivity contribution in [3.05, 3.63) is 0 Å². The number of nitrogens with zero attached hydrogens (tertiary/aromatic N) is 1. The van der Waals surface area contributed by atoms with Gasteiger partial charge in [-0.1, -0.05) is 5.17 Å². The Bertz CT molecular complexity index is 133. The van der Waals surface area contributed by atoms with Gasteiger partial charge < -0.3 is 10.2 Å². The van der Waals surface area contributed by atoms with Gasteiger partial charge in [-0.05, 0) is 0 Å². The Morgan fingerprint density at radius 1 is 1.33 bits per heavy atom. The lowest BCUT2D eigenvalue weighted by molar-refractivity contribution is -0.0968. The van der Waals surface area contributed by atoms with Crippen LogP contribution in [0.2, 0.25) is 0 Å². The predicted octanol–water partition coefficient (Wildman–Crippen LogP) is -0.462. The number of hydroxylamine groups is 1. The fourth-order valence-electron chi connectivity index (χ4n) is 0.138. The van der Waals surface area contributed by atoms with Crippen LogP contribution in [-0.4, -0.2) is 32.8 Å². The first-order valence-electron chi connectivity index (χ1n) is 1.75. The highest BCUT2D eigenvalue weighted by molar-refractivity contribution is 5.70. The summed E-state index contributed by atoms with van der Waals surface area (Å²) in [6.45, 7) is 0. The second kappa shape index (κ2) is 2.72. The molecule has 0 bridgehead atoms. The quantitative estimate of drug-likeness (QED) is 0.266. The Kier molecular flexibility index (Phi) is 2.27. The van der Waals surface area contributed by atoms with E-state index in [2.05, 4.69) is 0 Å². The number of carboxylic acid groups (broad SMARTS) is 2. The SMILES string of the molecule is O=C(O)NN(O)C(=O)O. The molecule has 0 heterocycles. The lowest BCUT2D eigenvalue weighted by Gasteiger charge is -2.06. The average molecular weight is 136 g/mol. The zero-order chi connectivity index (χ0) is 7.44. The number of hydrogen-bond donors (Lipinski definition) is 4. The zero-order valence-corrected chi connectivity index (χ0v) is 4.11. The number of nitrogens with one attached hydrogen (secondary N) is 1. The minimum atomic E-state index is -1.79. The minimum Gasteiger partial charge on any atom is -0.464 e. The summed E-state index contributed by atoms with van der Waals surface area (Å²) in [5, 5.41) is 23.0. The van der Waals surface area contributed by atoms with Gasteiger partial charge in [-0.2, -0.15) is 0 Å². The third-order valence-corrected chi connectivity index (χ3v) is 0.383. The summed E-state index contributed by atoms with van der Waals surface area (Å²) in [5.41, 5.74) is 1.15. The fraction of sp³-hybridized carbons (Fsp3) is 0. The van der Waals surface area contributed by atoms with E-state index in [1.54, 1.807) is 0 Å². The molecule has 7 heteroatoms. The van der Waals surface area contributed by atoms with Crippen LogP contribution in [0.25, 0.3) is 0 Å². The second-order valence-corrected chi connectivity index (χ2v) is 1.01. The Morgan fingerprint density at radius 3 is 1.89 bits per heavy atom. The first-order valence-corrected chi connectivity index (χ1v) is 1.75. The van der Waals surface area contributed by atoms with E-state index in [9.17, 15) is 9.59 Å². The van der Waals surface area contributed by atoms with Gasteiger partial charge in [0.25, 0.3) is 0 Å². The van der Waals surface area contributed by atoms with Crippen molar-refractivity contribution in [2.24, 2.45) is 0 Å². The third-order valence-electron chi connectivity index (χ3n) is 0.383. The molecule has 4 N–H and O–H groups in total. The smallest absolute Gasteiger partial charge is 0.451 e. The molecular formula is C2H4N2O5. The summed E-state index contributed by atoms with van der Waals surface area (Å²) in [7, 11) is 0. The van der Waals surface area contributed by atoms with E-state index >= 15 is 0 Å². The summed E-state index contributed by atoms with van der Waals surface area (Å²) in [6, 6.07) is 0. The molecule has 0 aromatic carbocycles. The molecule has 2 amide bonds. The Morgan fingerprint density at radius 2 is 1.78 bits per heavy atom. The molecule has 9 heavy (non-hydrogen) atoms. The van der Waals surface area contributed by atoms with Gasteiger partial charge >= 0.3 is 12.2 Å². The molecule has 0 radical (unpaired) electrons. The van der Waals surface area contributed by atoms with E-state index in [0.29, 0.717) is 0 Å². The molecule has 0 saturated carbocycles. The maximum absolute atomic E-state index is 9.58. The van der Waals surface area contributed by atoms with E-state index in [1.807, 2.05) is 0 Å². The average Bonchev–Trinajstić information content (AvgIpc) is 1.63. The second-order valence-electron chi connectivity index (χ2n) is 1.01. The molecule has 7 nitrogen and oxygen atoms in total. The summed E-state index contributed by atoms with van der Waals surface area (Å²) in [4.78, 5) is 19.1. The van der Waals surface area contributed by atoms with Gasteiger partial charge in [-0.25, -0.2) is 15.0 Å². The lowest BCUT2D eigenvalue weighted by atomic mass is 11.1. The minimum absolute atomic E-state index is 0.567. The summed E-state index contributed by atoms with van der Waals surface area (Å²) in [5.74, 6) is 0. The summed E-state index contributed by atoms with van der Waals surface area (Å²) >= 11 is 0. The standard InChI is InChI=1S/C2H4N2O5/c5-1(6)3-4(9)2(7)8/h3,9H,(H,5,6)(H,7,8). The van der Waals surface area contributed by atoms with Crippen LogP contribution in [0.4, 0.5) is 9.59 Å². The topological polar surface area (TPSA) is 110 Å². The highest BCUT2D eigenvalue weighted by Gasteiger charge is 2.08. The molecule has 0 aromatic heterocycles. The van der Waals surface area contributed by atoms with Crippen molar-refractivity contribution in [1.29, 1.82) is 0 Å². The van der Waals surface area contributed by atoms with Crippen molar-refractivity contribution in [2.75, 3.05) is 0 Å². The van der Waals surface area contributed by atoms with E-state index in [4.69, 9.17) is 15.4 Å². The van der Waals surface area contributed by atoms with Gasteiger partial charge in [0, 0.05) is 0 Å². The van der Waals surface area contributed by atoms with Crippen LogP contribution >= 0.6 is 0 Å². The van der Waals surface area contributed by atoms with E-state index in [1.165, 1.54) is 0 Å². The van der Waals surface area contributed by atoms with Crippen molar-refractivity contribution in [3.8, 4) is 0 Å².